The van der Waals surface area contributed by atoms with E-state index >= 15 is 0 Å². The van der Waals surface area contributed by atoms with E-state index in [0.29, 0.717) is 23.6 Å². The van der Waals surface area contributed by atoms with Crippen LogP contribution in [0.5, 0.6) is 0 Å². The van der Waals surface area contributed by atoms with E-state index in [2.05, 4.69) is 0 Å². The Labute approximate surface area is 138 Å². The molecule has 0 saturated heterocycles. The average molecular weight is 342 g/mol. The highest BCUT2D eigenvalue weighted by atomic mass is 19.4. The molecule has 1 aromatic carbocycles. The highest BCUT2D eigenvalue weighted by Gasteiger charge is 2.44. The first-order chi connectivity index (χ1) is 11.2. The highest BCUT2D eigenvalue weighted by Crippen LogP contribution is 2.47. The Morgan fingerprint density at radius 1 is 1.33 bits per heavy atom. The first-order valence-corrected chi connectivity index (χ1v) is 8.15. The molecule has 3 rings (SSSR count). The van der Waals surface area contributed by atoms with Crippen molar-refractivity contribution in [2.24, 2.45) is 11.7 Å². The van der Waals surface area contributed by atoms with E-state index in [4.69, 9.17) is 10.5 Å². The molecule has 1 amide bonds. The van der Waals surface area contributed by atoms with Crippen LogP contribution in [-0.2, 0) is 10.9 Å². The fourth-order valence-electron chi connectivity index (χ4n) is 3.29. The van der Waals surface area contributed by atoms with E-state index in [-0.39, 0.29) is 12.1 Å². The molecule has 7 heteroatoms. The molecule has 2 aliphatic rings. The van der Waals surface area contributed by atoms with Gasteiger partial charge >= 0.3 is 12.3 Å². The van der Waals surface area contributed by atoms with Crippen molar-refractivity contribution in [2.45, 2.75) is 57.5 Å². The van der Waals surface area contributed by atoms with Gasteiger partial charge in [0, 0.05) is 12.1 Å². The van der Waals surface area contributed by atoms with Crippen molar-refractivity contribution in [1.82, 2.24) is 0 Å². The molecule has 1 aromatic rings. The maximum Gasteiger partial charge on any atom is 0.416 e. The van der Waals surface area contributed by atoms with Crippen molar-refractivity contribution in [2.75, 3.05) is 4.90 Å². The number of fused-ring (bicyclic) bond motifs is 1. The fourth-order valence-corrected chi connectivity index (χ4v) is 3.29. The van der Waals surface area contributed by atoms with Gasteiger partial charge < -0.3 is 10.5 Å². The van der Waals surface area contributed by atoms with Crippen LogP contribution in [0.3, 0.4) is 0 Å². The van der Waals surface area contributed by atoms with Gasteiger partial charge in [0.05, 0.1) is 17.4 Å². The first-order valence-electron chi connectivity index (χ1n) is 8.15. The molecule has 0 bridgehead atoms. The van der Waals surface area contributed by atoms with Crippen LogP contribution in [0.15, 0.2) is 18.2 Å². The van der Waals surface area contributed by atoms with Crippen molar-refractivity contribution in [3.05, 3.63) is 29.3 Å². The number of ether oxygens (including phenoxy) is 1. The number of hydrogen-bond donors (Lipinski definition) is 1. The van der Waals surface area contributed by atoms with Crippen LogP contribution in [0.25, 0.3) is 0 Å². The van der Waals surface area contributed by atoms with Gasteiger partial charge in [-0.3, -0.25) is 4.90 Å². The highest BCUT2D eigenvalue weighted by molar-refractivity contribution is 5.90. The third-order valence-corrected chi connectivity index (χ3v) is 4.54. The lowest BCUT2D eigenvalue weighted by Gasteiger charge is -2.40. The van der Waals surface area contributed by atoms with Crippen LogP contribution in [0.1, 0.15) is 50.3 Å². The Morgan fingerprint density at radius 2 is 2.00 bits per heavy atom. The second kappa shape index (κ2) is 5.95. The third kappa shape index (κ3) is 3.22. The number of halogens is 3. The second-order valence-corrected chi connectivity index (χ2v) is 6.82. The number of carbonyl (C=O) groups excluding carboxylic acids is 1. The van der Waals surface area contributed by atoms with Gasteiger partial charge in [-0.25, -0.2) is 4.79 Å². The van der Waals surface area contributed by atoms with Gasteiger partial charge in [0.2, 0.25) is 0 Å². The number of amides is 1. The molecule has 0 radical (unpaired) electrons. The molecule has 2 N–H and O–H groups in total. The number of rotatable bonds is 2. The van der Waals surface area contributed by atoms with Crippen LogP contribution in [0, 0.1) is 5.92 Å². The van der Waals surface area contributed by atoms with E-state index in [1.807, 2.05) is 0 Å². The zero-order valence-electron chi connectivity index (χ0n) is 13.6. The van der Waals surface area contributed by atoms with Crippen molar-refractivity contribution in [1.29, 1.82) is 0 Å². The summed E-state index contributed by atoms with van der Waals surface area (Å²) in [6, 6.07) is 2.76. The van der Waals surface area contributed by atoms with Gasteiger partial charge in [-0.2, -0.15) is 13.2 Å². The number of alkyl halides is 3. The molecule has 24 heavy (non-hydrogen) atoms. The van der Waals surface area contributed by atoms with Crippen molar-refractivity contribution in [3.8, 4) is 0 Å². The minimum absolute atomic E-state index is 0.115. The number of nitrogens with two attached hydrogens (primary N) is 1. The summed E-state index contributed by atoms with van der Waals surface area (Å²) in [7, 11) is 0. The van der Waals surface area contributed by atoms with Crippen molar-refractivity contribution >= 4 is 11.8 Å². The predicted octanol–water partition coefficient (Wildman–Crippen LogP) is 4.24. The number of benzene rings is 1. The summed E-state index contributed by atoms with van der Waals surface area (Å²) < 4.78 is 44.3. The van der Waals surface area contributed by atoms with Gasteiger partial charge in [-0.05, 0) is 62.8 Å². The van der Waals surface area contributed by atoms with E-state index in [1.165, 1.54) is 11.0 Å². The molecular formula is C17H21F3N2O2. The normalized spacial score (nSPS) is 24.0. The van der Waals surface area contributed by atoms with Crippen LogP contribution in [0.2, 0.25) is 0 Å². The summed E-state index contributed by atoms with van der Waals surface area (Å²) in [6.07, 6.45) is -2.81. The van der Waals surface area contributed by atoms with Crippen molar-refractivity contribution < 1.29 is 22.7 Å². The number of hydrogen-bond acceptors (Lipinski definition) is 3. The molecule has 132 valence electrons. The lowest BCUT2D eigenvalue weighted by molar-refractivity contribution is -0.137. The van der Waals surface area contributed by atoms with E-state index in [1.54, 1.807) is 13.8 Å². The average Bonchev–Trinajstić information content (AvgIpc) is 3.29. The van der Waals surface area contributed by atoms with Gasteiger partial charge in [-0.15, -0.1) is 0 Å². The standard InChI is InChI=1S/C17H21F3N2O2/c1-9(2)24-16(23)22-14-6-5-11(17(18,19)20)7-12(14)13(21)8-15(22)10-3-4-10/h5-7,9-10,13,15H,3-4,8,21H2,1-2H3/t13-,15+/m0/s1. The Bertz CT molecular complexity index is 641. The quantitative estimate of drug-likeness (QED) is 0.875. The van der Waals surface area contributed by atoms with E-state index in [0.717, 1.165) is 25.0 Å². The molecular weight excluding hydrogens is 321 g/mol. The number of nitrogens with zero attached hydrogens (tertiary/aromatic N) is 1. The third-order valence-electron chi connectivity index (χ3n) is 4.54. The monoisotopic (exact) mass is 342 g/mol. The summed E-state index contributed by atoms with van der Waals surface area (Å²) in [5.74, 6) is 0.339. The summed E-state index contributed by atoms with van der Waals surface area (Å²) in [5.41, 5.74) is 6.16. The Hall–Kier alpha value is -1.76. The maximum atomic E-state index is 13.0. The Balaban J connectivity index is 2.02. The first kappa shape index (κ1) is 17.1. The Kier molecular flexibility index (Phi) is 4.23. The molecule has 0 aromatic heterocycles. The number of carbonyl (C=O) groups is 1. The lowest BCUT2D eigenvalue weighted by atomic mass is 9.88. The number of anilines is 1. The zero-order valence-corrected chi connectivity index (χ0v) is 13.6. The van der Waals surface area contributed by atoms with Crippen LogP contribution in [0.4, 0.5) is 23.7 Å². The Morgan fingerprint density at radius 3 is 2.54 bits per heavy atom. The summed E-state index contributed by atoms with van der Waals surface area (Å²) in [5, 5.41) is 0. The molecule has 0 unspecified atom stereocenters. The molecule has 1 saturated carbocycles. The summed E-state index contributed by atoms with van der Waals surface area (Å²) in [6.45, 7) is 3.49. The van der Waals surface area contributed by atoms with Crippen molar-refractivity contribution in [3.63, 3.8) is 0 Å². The summed E-state index contributed by atoms with van der Waals surface area (Å²) in [4.78, 5) is 14.1. The zero-order chi connectivity index (χ0) is 17.6. The van der Waals surface area contributed by atoms with Gasteiger partial charge in [0.25, 0.3) is 0 Å². The molecule has 0 spiro atoms. The van der Waals surface area contributed by atoms with Gasteiger partial charge in [-0.1, -0.05) is 0 Å². The minimum atomic E-state index is -4.44. The van der Waals surface area contributed by atoms with E-state index in [9.17, 15) is 18.0 Å². The predicted molar refractivity (Wildman–Crippen MR) is 83.6 cm³/mol. The SMILES string of the molecule is CC(C)OC(=O)N1c2ccc(C(F)(F)F)cc2[C@@H](N)C[C@@H]1C1CC1. The fraction of sp³-hybridized carbons (Fsp3) is 0.588. The molecule has 2 atom stereocenters. The molecule has 1 aliphatic heterocycles. The smallest absolute Gasteiger partial charge is 0.416 e. The molecule has 1 heterocycles. The second-order valence-electron chi connectivity index (χ2n) is 6.82. The maximum absolute atomic E-state index is 13.0. The lowest BCUT2D eigenvalue weighted by Crippen LogP contribution is -2.48. The molecule has 4 nitrogen and oxygen atoms in total. The van der Waals surface area contributed by atoms with E-state index < -0.39 is 23.9 Å². The molecule has 1 fully saturated rings. The summed E-state index contributed by atoms with van der Waals surface area (Å²) >= 11 is 0. The van der Waals surface area contributed by atoms with Gasteiger partial charge in [0.15, 0.2) is 0 Å². The minimum Gasteiger partial charge on any atom is -0.446 e. The van der Waals surface area contributed by atoms with Crippen LogP contribution >= 0.6 is 0 Å². The van der Waals surface area contributed by atoms with Crippen LogP contribution in [-0.4, -0.2) is 18.2 Å². The van der Waals surface area contributed by atoms with Gasteiger partial charge in [0.1, 0.15) is 0 Å². The van der Waals surface area contributed by atoms with Crippen LogP contribution < -0.4 is 10.6 Å². The largest absolute Gasteiger partial charge is 0.446 e. The molecule has 1 aliphatic carbocycles. The topological polar surface area (TPSA) is 55.6 Å².